The molecule has 1 aromatic carbocycles. The summed E-state index contributed by atoms with van der Waals surface area (Å²) in [6, 6.07) is 4.64. The fraction of sp³-hybridized carbons (Fsp3) is 0.500. The summed E-state index contributed by atoms with van der Waals surface area (Å²) in [5.41, 5.74) is 0.842. The third-order valence-corrected chi connectivity index (χ3v) is 4.76. The summed E-state index contributed by atoms with van der Waals surface area (Å²) >= 11 is 0. The number of nitrogens with one attached hydrogen (secondary N) is 1. The minimum Gasteiger partial charge on any atom is -0.504 e. The van der Waals surface area contributed by atoms with Crippen molar-refractivity contribution in [2.45, 2.75) is 45.4 Å². The molecule has 3 N–H and O–H groups in total. The van der Waals surface area contributed by atoms with Crippen molar-refractivity contribution < 1.29 is 19.8 Å². The van der Waals surface area contributed by atoms with E-state index in [1.54, 1.807) is 6.07 Å². The molecule has 1 aromatic rings. The average Bonchev–Trinajstić information content (AvgIpc) is 2.91. The highest BCUT2D eigenvalue weighted by atomic mass is 16.3. The van der Waals surface area contributed by atoms with Gasteiger partial charge in [0.15, 0.2) is 11.5 Å². The minimum atomic E-state index is -0.156. The van der Waals surface area contributed by atoms with Crippen LogP contribution in [-0.2, 0) is 16.0 Å². The van der Waals surface area contributed by atoms with Crippen LogP contribution in [0.1, 0.15) is 44.6 Å². The van der Waals surface area contributed by atoms with E-state index in [1.165, 1.54) is 12.1 Å². The number of benzene rings is 1. The van der Waals surface area contributed by atoms with Gasteiger partial charge in [-0.15, -0.1) is 0 Å². The second-order valence-corrected chi connectivity index (χ2v) is 6.61. The van der Waals surface area contributed by atoms with E-state index in [2.05, 4.69) is 24.4 Å². The number of ketones is 1. The van der Waals surface area contributed by atoms with Gasteiger partial charge in [0.25, 0.3) is 0 Å². The molecule has 0 saturated heterocycles. The molecule has 5 heteroatoms. The second-order valence-electron chi connectivity index (χ2n) is 6.61. The van der Waals surface area contributed by atoms with Gasteiger partial charge >= 0.3 is 0 Å². The molecule has 1 aliphatic rings. The lowest BCUT2D eigenvalue weighted by molar-refractivity contribution is -0.123. The number of hydrogen-bond donors (Lipinski definition) is 3. The van der Waals surface area contributed by atoms with E-state index in [0.717, 1.165) is 24.8 Å². The zero-order valence-corrected chi connectivity index (χ0v) is 14.7. The Bertz CT molecular complexity index is 639. The third kappa shape index (κ3) is 5.62. The molecule has 0 heterocycles. The molecule has 0 aromatic heterocycles. The van der Waals surface area contributed by atoms with Crippen LogP contribution in [0, 0.1) is 11.8 Å². The van der Waals surface area contributed by atoms with Crippen molar-refractivity contribution in [3.63, 3.8) is 0 Å². The van der Waals surface area contributed by atoms with Crippen LogP contribution in [0.4, 0.5) is 0 Å². The molecule has 0 spiro atoms. The molecule has 2 atom stereocenters. The lowest BCUT2D eigenvalue weighted by atomic mass is 9.89. The second kappa shape index (κ2) is 9.25. The van der Waals surface area contributed by atoms with Crippen molar-refractivity contribution in [3.05, 3.63) is 35.9 Å². The van der Waals surface area contributed by atoms with Gasteiger partial charge in [0.05, 0.1) is 0 Å². The number of allylic oxidation sites excluding steroid dienone is 2. The smallest absolute Gasteiger partial charge is 0.220 e. The van der Waals surface area contributed by atoms with E-state index >= 15 is 0 Å². The maximum atomic E-state index is 12.2. The van der Waals surface area contributed by atoms with Crippen molar-refractivity contribution in [1.82, 2.24) is 5.32 Å². The van der Waals surface area contributed by atoms with Gasteiger partial charge in [-0.3, -0.25) is 9.59 Å². The first-order valence-corrected chi connectivity index (χ1v) is 8.96. The Morgan fingerprint density at radius 3 is 2.80 bits per heavy atom. The van der Waals surface area contributed by atoms with Crippen LogP contribution < -0.4 is 5.32 Å². The van der Waals surface area contributed by atoms with E-state index in [1.807, 2.05) is 0 Å². The largest absolute Gasteiger partial charge is 0.504 e. The average molecular weight is 345 g/mol. The molecule has 5 nitrogen and oxygen atoms in total. The molecule has 1 aliphatic carbocycles. The summed E-state index contributed by atoms with van der Waals surface area (Å²) in [6.45, 7) is 2.52. The number of phenols is 2. The maximum absolute atomic E-state index is 12.2. The quantitative estimate of drug-likeness (QED) is 0.499. The SMILES string of the molecule is CC/C=C\C[C@H]1C(=O)CC[C@@H]1CC(=O)NCCc1ccc(O)c(O)c1. The molecule has 0 radical (unpaired) electrons. The first-order valence-electron chi connectivity index (χ1n) is 8.96. The van der Waals surface area contributed by atoms with E-state index in [4.69, 9.17) is 0 Å². The van der Waals surface area contributed by atoms with Gasteiger partial charge in [0.1, 0.15) is 5.78 Å². The monoisotopic (exact) mass is 345 g/mol. The third-order valence-electron chi connectivity index (χ3n) is 4.76. The Morgan fingerprint density at radius 1 is 1.28 bits per heavy atom. The van der Waals surface area contributed by atoms with Crippen molar-refractivity contribution >= 4 is 11.7 Å². The highest BCUT2D eigenvalue weighted by Gasteiger charge is 2.34. The maximum Gasteiger partial charge on any atom is 0.220 e. The molecule has 1 saturated carbocycles. The van der Waals surface area contributed by atoms with Gasteiger partial charge in [-0.05, 0) is 49.3 Å². The zero-order chi connectivity index (χ0) is 18.2. The van der Waals surface area contributed by atoms with Crippen molar-refractivity contribution in [1.29, 1.82) is 0 Å². The van der Waals surface area contributed by atoms with Gasteiger partial charge in [0, 0.05) is 25.3 Å². The summed E-state index contributed by atoms with van der Waals surface area (Å²) in [5.74, 6) is 0.0396. The number of phenolic OH excluding ortho intramolecular Hbond substituents is 2. The number of Topliss-reactive ketones (excluding diaryl/α,β-unsaturated/α-hetero) is 1. The van der Waals surface area contributed by atoms with Crippen LogP contribution in [-0.4, -0.2) is 28.4 Å². The van der Waals surface area contributed by atoms with E-state index < -0.39 is 0 Å². The number of hydrogen-bond acceptors (Lipinski definition) is 4. The van der Waals surface area contributed by atoms with Crippen LogP contribution in [0.25, 0.3) is 0 Å². The summed E-state index contributed by atoms with van der Waals surface area (Å²) in [7, 11) is 0. The molecular weight excluding hydrogens is 318 g/mol. The highest BCUT2D eigenvalue weighted by Crippen LogP contribution is 2.34. The molecular formula is C20H27NO4. The van der Waals surface area contributed by atoms with Crippen LogP contribution in [0.5, 0.6) is 11.5 Å². The molecule has 136 valence electrons. The predicted molar refractivity (Wildman–Crippen MR) is 96.4 cm³/mol. The Labute approximate surface area is 148 Å². The number of aromatic hydroxyl groups is 2. The lowest BCUT2D eigenvalue weighted by Gasteiger charge is -2.16. The fourth-order valence-corrected chi connectivity index (χ4v) is 3.34. The molecule has 25 heavy (non-hydrogen) atoms. The summed E-state index contributed by atoms with van der Waals surface area (Å²) in [5, 5.41) is 21.6. The Morgan fingerprint density at radius 2 is 2.08 bits per heavy atom. The molecule has 1 amide bonds. The van der Waals surface area contributed by atoms with Crippen molar-refractivity contribution in [3.8, 4) is 11.5 Å². The molecule has 2 rings (SSSR count). The topological polar surface area (TPSA) is 86.6 Å². The normalized spacial score (nSPS) is 20.3. The van der Waals surface area contributed by atoms with Gasteiger partial charge in [0.2, 0.25) is 5.91 Å². The first-order chi connectivity index (χ1) is 12.0. The number of amides is 1. The van der Waals surface area contributed by atoms with Crippen LogP contribution in [0.3, 0.4) is 0 Å². The van der Waals surface area contributed by atoms with E-state index in [-0.39, 0.29) is 35.0 Å². The Balaban J connectivity index is 1.77. The summed E-state index contributed by atoms with van der Waals surface area (Å²) in [6.07, 6.45) is 8.14. The zero-order valence-electron chi connectivity index (χ0n) is 14.7. The van der Waals surface area contributed by atoms with E-state index in [0.29, 0.717) is 25.8 Å². The van der Waals surface area contributed by atoms with Gasteiger partial charge in [-0.2, -0.15) is 0 Å². The lowest BCUT2D eigenvalue weighted by Crippen LogP contribution is -2.29. The Kier molecular flexibility index (Phi) is 7.04. The molecule has 0 unspecified atom stereocenters. The fourth-order valence-electron chi connectivity index (χ4n) is 3.34. The molecule has 0 aliphatic heterocycles. The molecule has 1 fully saturated rings. The predicted octanol–water partition coefficient (Wildman–Crippen LogP) is 3.10. The standard InChI is InChI=1S/C20H27NO4/c1-2-3-4-5-16-15(7-9-17(16)22)13-20(25)21-11-10-14-6-8-18(23)19(24)12-14/h3-4,6,8,12,15-16,23-24H,2,5,7,9-11,13H2,1H3,(H,21,25)/b4-3-/t15-,16-/m1/s1. The Hall–Kier alpha value is -2.30. The number of carbonyl (C=O) groups is 2. The molecule has 0 bridgehead atoms. The first kappa shape index (κ1) is 19.0. The highest BCUT2D eigenvalue weighted by molar-refractivity contribution is 5.85. The summed E-state index contributed by atoms with van der Waals surface area (Å²) in [4.78, 5) is 24.2. The van der Waals surface area contributed by atoms with Crippen molar-refractivity contribution in [2.24, 2.45) is 11.8 Å². The minimum absolute atomic E-state index is 0.0254. The van der Waals surface area contributed by atoms with Crippen LogP contribution in [0.2, 0.25) is 0 Å². The van der Waals surface area contributed by atoms with Crippen LogP contribution >= 0.6 is 0 Å². The number of carbonyl (C=O) groups excluding carboxylic acids is 2. The van der Waals surface area contributed by atoms with Crippen molar-refractivity contribution in [2.75, 3.05) is 6.54 Å². The van der Waals surface area contributed by atoms with Gasteiger partial charge in [-0.1, -0.05) is 25.1 Å². The van der Waals surface area contributed by atoms with Gasteiger partial charge in [-0.25, -0.2) is 0 Å². The summed E-state index contributed by atoms with van der Waals surface area (Å²) < 4.78 is 0. The number of rotatable bonds is 8. The van der Waals surface area contributed by atoms with Gasteiger partial charge < -0.3 is 15.5 Å². The van der Waals surface area contributed by atoms with E-state index in [9.17, 15) is 19.8 Å². The van der Waals surface area contributed by atoms with Crippen LogP contribution in [0.15, 0.2) is 30.4 Å².